The first-order valence-electron chi connectivity index (χ1n) is 3.75. The highest BCUT2D eigenvalue weighted by Gasteiger charge is 2.13. The molecular formula is C8H11NO2S. The van der Waals surface area contributed by atoms with Crippen LogP contribution in [0.5, 0.6) is 0 Å². The Morgan fingerprint density at radius 3 is 2.83 bits per heavy atom. The maximum atomic E-state index is 11.3. The number of carbonyl (C=O) groups is 1. The van der Waals surface area contributed by atoms with Crippen molar-refractivity contribution >= 4 is 17.1 Å². The van der Waals surface area contributed by atoms with E-state index in [9.17, 15) is 4.79 Å². The predicted octanol–water partition coefficient (Wildman–Crippen LogP) is 1.47. The Balaban J connectivity index is 2.82. The highest BCUT2D eigenvalue weighted by molar-refractivity contribution is 7.13. The van der Waals surface area contributed by atoms with Gasteiger partial charge in [-0.1, -0.05) is 13.8 Å². The van der Waals surface area contributed by atoms with Gasteiger partial charge in [0.15, 0.2) is 10.8 Å². The summed E-state index contributed by atoms with van der Waals surface area (Å²) in [5, 5.41) is 9.22. The molecule has 0 aromatic carbocycles. The van der Waals surface area contributed by atoms with Gasteiger partial charge in [0.25, 0.3) is 0 Å². The lowest BCUT2D eigenvalue weighted by molar-refractivity contribution is 0.0939. The maximum absolute atomic E-state index is 11.3. The van der Waals surface area contributed by atoms with Crippen molar-refractivity contribution in [1.29, 1.82) is 0 Å². The van der Waals surface area contributed by atoms with Gasteiger partial charge in [-0.15, -0.1) is 11.3 Å². The van der Waals surface area contributed by atoms with Crippen molar-refractivity contribution in [3.05, 3.63) is 16.1 Å². The van der Waals surface area contributed by atoms with Crippen LogP contribution in [0.2, 0.25) is 0 Å². The van der Waals surface area contributed by atoms with Crippen LogP contribution in [-0.2, 0) is 6.61 Å². The number of thiazole rings is 1. The first-order valence-corrected chi connectivity index (χ1v) is 4.56. The summed E-state index contributed by atoms with van der Waals surface area (Å²) in [6.07, 6.45) is 1.54. The quantitative estimate of drug-likeness (QED) is 0.725. The molecule has 1 rings (SSSR count). The molecular weight excluding hydrogens is 174 g/mol. The molecule has 0 spiro atoms. The Labute approximate surface area is 75.1 Å². The Hall–Kier alpha value is -0.740. The van der Waals surface area contributed by atoms with Gasteiger partial charge in [0.2, 0.25) is 0 Å². The number of rotatable bonds is 3. The molecule has 1 heterocycles. The number of ketones is 1. The van der Waals surface area contributed by atoms with E-state index in [0.29, 0.717) is 5.01 Å². The van der Waals surface area contributed by atoms with E-state index >= 15 is 0 Å². The molecule has 0 atom stereocenters. The monoisotopic (exact) mass is 185 g/mol. The van der Waals surface area contributed by atoms with Gasteiger partial charge in [0.05, 0.1) is 11.5 Å². The van der Waals surface area contributed by atoms with E-state index in [-0.39, 0.29) is 18.3 Å². The Morgan fingerprint density at radius 1 is 1.75 bits per heavy atom. The van der Waals surface area contributed by atoms with Gasteiger partial charge in [-0.05, 0) is 0 Å². The zero-order valence-corrected chi connectivity index (χ0v) is 7.89. The first-order chi connectivity index (χ1) is 5.65. The molecule has 3 nitrogen and oxygen atoms in total. The molecule has 0 saturated heterocycles. The molecule has 0 aliphatic carbocycles. The maximum Gasteiger partial charge on any atom is 0.193 e. The van der Waals surface area contributed by atoms with Crippen LogP contribution in [-0.4, -0.2) is 15.9 Å². The number of aromatic nitrogens is 1. The van der Waals surface area contributed by atoms with Crippen molar-refractivity contribution in [1.82, 2.24) is 4.98 Å². The number of nitrogens with zero attached hydrogens (tertiary/aromatic N) is 1. The Bertz CT molecular complexity index is 280. The van der Waals surface area contributed by atoms with Gasteiger partial charge in [-0.3, -0.25) is 4.79 Å². The van der Waals surface area contributed by atoms with E-state index < -0.39 is 0 Å². The molecule has 4 heteroatoms. The van der Waals surface area contributed by atoms with Crippen LogP contribution < -0.4 is 0 Å². The fourth-order valence-corrected chi connectivity index (χ4v) is 1.60. The second-order valence-corrected chi connectivity index (χ2v) is 3.92. The van der Waals surface area contributed by atoms with Crippen molar-refractivity contribution in [3.8, 4) is 0 Å². The molecule has 0 saturated carbocycles. The molecule has 1 aromatic rings. The average Bonchev–Trinajstić information content (AvgIpc) is 2.50. The second kappa shape index (κ2) is 3.78. The van der Waals surface area contributed by atoms with E-state index in [2.05, 4.69) is 4.98 Å². The second-order valence-electron chi connectivity index (χ2n) is 2.81. The van der Waals surface area contributed by atoms with Crippen molar-refractivity contribution in [2.24, 2.45) is 5.92 Å². The largest absolute Gasteiger partial charge is 0.391 e. The normalized spacial score (nSPS) is 10.7. The third-order valence-electron chi connectivity index (χ3n) is 1.44. The van der Waals surface area contributed by atoms with Crippen LogP contribution in [0.4, 0.5) is 0 Å². The molecule has 0 fully saturated rings. The standard InChI is InChI=1S/C8H11NO2S/c1-5(2)7(11)8-9-3-6(4-10)12-8/h3,5,10H,4H2,1-2H3. The summed E-state index contributed by atoms with van der Waals surface area (Å²) in [6.45, 7) is 3.63. The van der Waals surface area contributed by atoms with Crippen LogP contribution in [0.1, 0.15) is 28.5 Å². The molecule has 0 aliphatic rings. The van der Waals surface area contributed by atoms with Crippen LogP contribution in [0.3, 0.4) is 0 Å². The molecule has 0 radical (unpaired) electrons. The molecule has 0 unspecified atom stereocenters. The van der Waals surface area contributed by atoms with Gasteiger partial charge in [0, 0.05) is 12.1 Å². The lowest BCUT2D eigenvalue weighted by Crippen LogP contribution is -2.06. The number of hydrogen-bond donors (Lipinski definition) is 1. The van der Waals surface area contributed by atoms with Crippen molar-refractivity contribution in [2.75, 3.05) is 0 Å². The van der Waals surface area contributed by atoms with Crippen molar-refractivity contribution in [3.63, 3.8) is 0 Å². The summed E-state index contributed by atoms with van der Waals surface area (Å²) in [5.74, 6) is 0.0161. The minimum absolute atomic E-state index is 0.0253. The third kappa shape index (κ3) is 1.89. The number of Topliss-reactive ketones (excluding diaryl/α,β-unsaturated/α-hetero) is 1. The van der Waals surface area contributed by atoms with Gasteiger partial charge >= 0.3 is 0 Å². The SMILES string of the molecule is CC(C)C(=O)c1ncc(CO)s1. The fraction of sp³-hybridized carbons (Fsp3) is 0.500. The van der Waals surface area contributed by atoms with Crippen molar-refractivity contribution < 1.29 is 9.90 Å². The van der Waals surface area contributed by atoms with Gasteiger partial charge < -0.3 is 5.11 Å². The Morgan fingerprint density at radius 2 is 2.42 bits per heavy atom. The fourth-order valence-electron chi connectivity index (χ4n) is 0.741. The summed E-state index contributed by atoms with van der Waals surface area (Å²) >= 11 is 1.26. The topological polar surface area (TPSA) is 50.2 Å². The summed E-state index contributed by atoms with van der Waals surface area (Å²) in [4.78, 5) is 16.0. The predicted molar refractivity (Wildman–Crippen MR) is 47.2 cm³/mol. The molecule has 66 valence electrons. The number of aliphatic hydroxyl groups is 1. The molecule has 0 bridgehead atoms. The van der Waals surface area contributed by atoms with E-state index in [0.717, 1.165) is 4.88 Å². The molecule has 1 aromatic heterocycles. The number of hydrogen-bond acceptors (Lipinski definition) is 4. The van der Waals surface area contributed by atoms with E-state index in [1.165, 1.54) is 11.3 Å². The minimum atomic E-state index is -0.0386. The molecule has 0 aliphatic heterocycles. The lowest BCUT2D eigenvalue weighted by atomic mass is 10.1. The van der Waals surface area contributed by atoms with Crippen LogP contribution >= 0.6 is 11.3 Å². The zero-order chi connectivity index (χ0) is 9.14. The lowest BCUT2D eigenvalue weighted by Gasteiger charge is -1.97. The Kier molecular flexibility index (Phi) is 2.94. The average molecular weight is 185 g/mol. The summed E-state index contributed by atoms with van der Waals surface area (Å²) < 4.78 is 0. The highest BCUT2D eigenvalue weighted by Crippen LogP contribution is 2.16. The van der Waals surface area contributed by atoms with Gasteiger partial charge in [-0.25, -0.2) is 4.98 Å². The van der Waals surface area contributed by atoms with Crippen LogP contribution in [0, 0.1) is 5.92 Å². The summed E-state index contributed by atoms with van der Waals surface area (Å²) in [5.41, 5.74) is 0. The van der Waals surface area contributed by atoms with E-state index in [1.807, 2.05) is 13.8 Å². The number of carbonyl (C=O) groups excluding carboxylic acids is 1. The van der Waals surface area contributed by atoms with E-state index in [4.69, 9.17) is 5.11 Å². The first kappa shape index (κ1) is 9.35. The molecule has 12 heavy (non-hydrogen) atoms. The zero-order valence-electron chi connectivity index (χ0n) is 7.07. The molecule has 0 amide bonds. The smallest absolute Gasteiger partial charge is 0.193 e. The van der Waals surface area contributed by atoms with E-state index in [1.54, 1.807) is 6.20 Å². The van der Waals surface area contributed by atoms with Gasteiger partial charge in [0.1, 0.15) is 0 Å². The molecule has 1 N–H and O–H groups in total. The number of aliphatic hydroxyl groups excluding tert-OH is 1. The van der Waals surface area contributed by atoms with Crippen molar-refractivity contribution in [2.45, 2.75) is 20.5 Å². The third-order valence-corrected chi connectivity index (χ3v) is 2.44. The van der Waals surface area contributed by atoms with Crippen LogP contribution in [0.15, 0.2) is 6.20 Å². The van der Waals surface area contributed by atoms with Crippen LogP contribution in [0.25, 0.3) is 0 Å². The highest BCUT2D eigenvalue weighted by atomic mass is 32.1. The minimum Gasteiger partial charge on any atom is -0.391 e. The summed E-state index contributed by atoms with van der Waals surface area (Å²) in [7, 11) is 0. The van der Waals surface area contributed by atoms with Gasteiger partial charge in [-0.2, -0.15) is 0 Å². The summed E-state index contributed by atoms with van der Waals surface area (Å²) in [6, 6.07) is 0.